The van der Waals surface area contributed by atoms with Crippen molar-refractivity contribution in [1.29, 1.82) is 0 Å². The minimum atomic E-state index is 0.376. The van der Waals surface area contributed by atoms with E-state index < -0.39 is 0 Å². The molecule has 0 aliphatic carbocycles. The summed E-state index contributed by atoms with van der Waals surface area (Å²) in [6, 6.07) is 9.36. The highest BCUT2D eigenvalue weighted by atomic mass is 16.3. The lowest BCUT2D eigenvalue weighted by atomic mass is 10.2. The summed E-state index contributed by atoms with van der Waals surface area (Å²) in [6.07, 6.45) is 3.55. The van der Waals surface area contributed by atoms with Crippen molar-refractivity contribution in [1.82, 2.24) is 14.9 Å². The molecule has 0 amide bonds. The van der Waals surface area contributed by atoms with Crippen LogP contribution in [-0.2, 0) is 6.54 Å². The fourth-order valence-electron chi connectivity index (χ4n) is 2.45. The van der Waals surface area contributed by atoms with Crippen molar-refractivity contribution in [3.63, 3.8) is 0 Å². The second-order valence-corrected chi connectivity index (χ2v) is 4.94. The Hall–Kier alpha value is -2.14. The number of aromatic nitrogens is 2. The molecule has 20 heavy (non-hydrogen) atoms. The molecule has 1 fully saturated rings. The van der Waals surface area contributed by atoms with Gasteiger partial charge in [-0.2, -0.15) is 0 Å². The molecule has 2 aromatic rings. The first-order chi connectivity index (χ1) is 9.83. The number of hydrogen-bond donors (Lipinski definition) is 1. The zero-order chi connectivity index (χ0) is 13.8. The molecule has 0 spiro atoms. The average molecular weight is 270 g/mol. The number of anilines is 1. The van der Waals surface area contributed by atoms with Gasteiger partial charge in [-0.1, -0.05) is 18.2 Å². The molecule has 1 aromatic carbocycles. The van der Waals surface area contributed by atoms with Gasteiger partial charge in [0.2, 0.25) is 5.95 Å². The molecule has 3 rings (SSSR count). The van der Waals surface area contributed by atoms with Crippen LogP contribution in [0, 0.1) is 0 Å². The maximum atomic E-state index is 9.81. The zero-order valence-electron chi connectivity index (χ0n) is 11.3. The number of benzene rings is 1. The summed E-state index contributed by atoms with van der Waals surface area (Å²) in [6.45, 7) is 4.52. The van der Waals surface area contributed by atoms with Gasteiger partial charge in [0.1, 0.15) is 5.75 Å². The number of nitrogens with zero attached hydrogens (tertiary/aromatic N) is 4. The first kappa shape index (κ1) is 12.9. The first-order valence-corrected chi connectivity index (χ1v) is 6.84. The van der Waals surface area contributed by atoms with Crippen molar-refractivity contribution in [2.75, 3.05) is 31.1 Å². The van der Waals surface area contributed by atoms with Gasteiger partial charge >= 0.3 is 0 Å². The van der Waals surface area contributed by atoms with E-state index in [2.05, 4.69) is 19.8 Å². The van der Waals surface area contributed by atoms with Crippen molar-refractivity contribution in [2.45, 2.75) is 6.54 Å². The van der Waals surface area contributed by atoms with E-state index in [1.807, 2.05) is 24.3 Å². The lowest BCUT2D eigenvalue weighted by molar-refractivity contribution is 0.245. The first-order valence-electron chi connectivity index (χ1n) is 6.84. The number of hydrogen-bond acceptors (Lipinski definition) is 5. The predicted molar refractivity (Wildman–Crippen MR) is 77.6 cm³/mol. The molecule has 104 valence electrons. The summed E-state index contributed by atoms with van der Waals surface area (Å²) < 4.78 is 0. The Kier molecular flexibility index (Phi) is 3.78. The normalized spacial score (nSPS) is 16.3. The molecule has 0 atom stereocenters. The van der Waals surface area contributed by atoms with Gasteiger partial charge in [0.05, 0.1) is 0 Å². The van der Waals surface area contributed by atoms with E-state index in [4.69, 9.17) is 0 Å². The molecule has 5 nitrogen and oxygen atoms in total. The van der Waals surface area contributed by atoms with Crippen molar-refractivity contribution in [3.05, 3.63) is 48.3 Å². The summed E-state index contributed by atoms with van der Waals surface area (Å²) >= 11 is 0. The van der Waals surface area contributed by atoms with E-state index in [-0.39, 0.29) is 0 Å². The minimum absolute atomic E-state index is 0.376. The molecule has 0 saturated carbocycles. The molecule has 1 aliphatic heterocycles. The molecule has 1 saturated heterocycles. The van der Waals surface area contributed by atoms with Crippen molar-refractivity contribution >= 4 is 5.95 Å². The molecule has 5 heteroatoms. The maximum absolute atomic E-state index is 9.81. The number of rotatable bonds is 3. The van der Waals surface area contributed by atoms with Gasteiger partial charge in [0.15, 0.2) is 0 Å². The van der Waals surface area contributed by atoms with E-state index in [9.17, 15) is 5.11 Å². The molecule has 0 radical (unpaired) electrons. The average Bonchev–Trinajstić information content (AvgIpc) is 2.51. The number of piperazine rings is 1. The Morgan fingerprint density at radius 3 is 2.35 bits per heavy atom. The van der Waals surface area contributed by atoms with Crippen molar-refractivity contribution in [2.24, 2.45) is 0 Å². The molecular weight excluding hydrogens is 252 g/mol. The lowest BCUT2D eigenvalue weighted by Gasteiger charge is -2.34. The highest BCUT2D eigenvalue weighted by Crippen LogP contribution is 2.19. The van der Waals surface area contributed by atoms with Gasteiger partial charge in [-0.15, -0.1) is 0 Å². The predicted octanol–water partition coefficient (Wildman–Crippen LogP) is 1.50. The van der Waals surface area contributed by atoms with Crippen LogP contribution in [0.3, 0.4) is 0 Å². The summed E-state index contributed by atoms with van der Waals surface area (Å²) in [5, 5.41) is 9.81. The Balaban J connectivity index is 1.58. The third kappa shape index (κ3) is 2.88. The van der Waals surface area contributed by atoms with Crippen LogP contribution in [0.1, 0.15) is 5.56 Å². The van der Waals surface area contributed by atoms with E-state index in [1.165, 1.54) is 0 Å². The maximum Gasteiger partial charge on any atom is 0.225 e. The van der Waals surface area contributed by atoms with E-state index in [0.717, 1.165) is 44.2 Å². The van der Waals surface area contributed by atoms with Crippen LogP contribution in [0.2, 0.25) is 0 Å². The van der Waals surface area contributed by atoms with Gasteiger partial charge in [-0.3, -0.25) is 4.90 Å². The van der Waals surface area contributed by atoms with Crippen LogP contribution in [0.4, 0.5) is 5.95 Å². The summed E-state index contributed by atoms with van der Waals surface area (Å²) in [5.74, 6) is 1.18. The fraction of sp³-hybridized carbons (Fsp3) is 0.333. The molecule has 0 bridgehead atoms. The van der Waals surface area contributed by atoms with Crippen LogP contribution in [0.25, 0.3) is 0 Å². The Morgan fingerprint density at radius 1 is 0.950 bits per heavy atom. The monoisotopic (exact) mass is 270 g/mol. The number of phenols is 1. The van der Waals surface area contributed by atoms with Crippen molar-refractivity contribution < 1.29 is 5.11 Å². The third-order valence-electron chi connectivity index (χ3n) is 3.59. The smallest absolute Gasteiger partial charge is 0.225 e. The van der Waals surface area contributed by atoms with Crippen LogP contribution < -0.4 is 4.90 Å². The minimum Gasteiger partial charge on any atom is -0.508 e. The van der Waals surface area contributed by atoms with E-state index in [0.29, 0.717) is 5.75 Å². The van der Waals surface area contributed by atoms with E-state index >= 15 is 0 Å². The standard InChI is InChI=1S/C15H18N4O/c20-14-5-2-1-4-13(14)12-18-8-10-19(11-9-18)15-16-6-3-7-17-15/h1-7,20H,8-12H2. The Bertz CT molecular complexity index is 553. The quantitative estimate of drug-likeness (QED) is 0.916. The highest BCUT2D eigenvalue weighted by molar-refractivity contribution is 5.32. The van der Waals surface area contributed by atoms with Crippen molar-refractivity contribution in [3.8, 4) is 5.75 Å². The lowest BCUT2D eigenvalue weighted by Crippen LogP contribution is -2.46. The summed E-state index contributed by atoms with van der Waals surface area (Å²) in [5.41, 5.74) is 0.983. The van der Waals surface area contributed by atoms with Gasteiger partial charge in [-0.05, 0) is 12.1 Å². The number of aromatic hydroxyl groups is 1. The van der Waals surface area contributed by atoms with Gasteiger partial charge in [-0.25, -0.2) is 9.97 Å². The van der Waals surface area contributed by atoms with Gasteiger partial charge in [0.25, 0.3) is 0 Å². The molecule has 0 unspecified atom stereocenters. The molecule has 1 N–H and O–H groups in total. The van der Waals surface area contributed by atoms with Crippen LogP contribution in [-0.4, -0.2) is 46.2 Å². The Labute approximate surface area is 118 Å². The molecule has 1 aliphatic rings. The SMILES string of the molecule is Oc1ccccc1CN1CCN(c2ncccn2)CC1. The topological polar surface area (TPSA) is 52.5 Å². The van der Waals surface area contributed by atoms with Gasteiger partial charge < -0.3 is 10.0 Å². The van der Waals surface area contributed by atoms with Crippen LogP contribution in [0.15, 0.2) is 42.7 Å². The molecule has 2 heterocycles. The van der Waals surface area contributed by atoms with Gasteiger partial charge in [0, 0.05) is 50.7 Å². The number of phenolic OH excluding ortho intramolecular Hbond substituents is 1. The largest absolute Gasteiger partial charge is 0.508 e. The Morgan fingerprint density at radius 2 is 1.65 bits per heavy atom. The second-order valence-electron chi connectivity index (χ2n) is 4.94. The van der Waals surface area contributed by atoms with Crippen LogP contribution in [0.5, 0.6) is 5.75 Å². The fourth-order valence-corrected chi connectivity index (χ4v) is 2.45. The molecular formula is C15H18N4O. The third-order valence-corrected chi connectivity index (χ3v) is 3.59. The second kappa shape index (κ2) is 5.88. The molecule has 1 aromatic heterocycles. The highest BCUT2D eigenvalue weighted by Gasteiger charge is 2.19. The summed E-state index contributed by atoms with van der Waals surface area (Å²) in [7, 11) is 0. The van der Waals surface area contributed by atoms with E-state index in [1.54, 1.807) is 18.5 Å². The summed E-state index contributed by atoms with van der Waals surface area (Å²) in [4.78, 5) is 13.1. The zero-order valence-corrected chi connectivity index (χ0v) is 11.3. The van der Waals surface area contributed by atoms with Crippen LogP contribution >= 0.6 is 0 Å². The number of para-hydroxylation sites is 1.